The molecule has 0 saturated heterocycles. The zero-order valence-corrected chi connectivity index (χ0v) is 51.3. The Morgan fingerprint density at radius 3 is 0.810 bits per heavy atom. The highest BCUT2D eigenvalue weighted by atomic mass is 16.6. The van der Waals surface area contributed by atoms with Gasteiger partial charge in [-0.1, -0.05) is 283 Å². The highest BCUT2D eigenvalue weighted by Crippen LogP contribution is 2.15. The molecule has 0 radical (unpaired) electrons. The molecule has 0 rings (SSSR count). The third-order valence-electron chi connectivity index (χ3n) is 13.6. The lowest BCUT2D eigenvalue weighted by Gasteiger charge is -2.18. The molecule has 1 atom stereocenters. The fourth-order valence-electron chi connectivity index (χ4n) is 8.76. The Bertz CT molecular complexity index is 1680. The number of allylic oxidation sites excluding steroid dienone is 22. The first-order valence-electron chi connectivity index (χ1n) is 32.7. The molecule has 0 spiro atoms. The topological polar surface area (TPSA) is 78.9 Å². The Morgan fingerprint density at radius 2 is 0.494 bits per heavy atom. The molecular weight excluding hydrogens is 973 g/mol. The van der Waals surface area contributed by atoms with Crippen LogP contribution in [0.2, 0.25) is 0 Å². The van der Waals surface area contributed by atoms with Gasteiger partial charge < -0.3 is 14.2 Å². The fraction of sp³-hybridized carbons (Fsp3) is 0.658. The molecule has 6 nitrogen and oxygen atoms in total. The number of rotatable bonds is 58. The Balaban J connectivity index is 4.31. The van der Waals surface area contributed by atoms with E-state index in [4.69, 9.17) is 14.2 Å². The summed E-state index contributed by atoms with van der Waals surface area (Å²) in [4.78, 5) is 38.2. The van der Waals surface area contributed by atoms with Crippen molar-refractivity contribution in [1.82, 2.24) is 0 Å². The van der Waals surface area contributed by atoms with Crippen molar-refractivity contribution in [3.63, 3.8) is 0 Å². The first-order valence-corrected chi connectivity index (χ1v) is 32.7. The maximum absolute atomic E-state index is 12.9. The lowest BCUT2D eigenvalue weighted by molar-refractivity contribution is -0.167. The average Bonchev–Trinajstić information content (AvgIpc) is 3.45. The van der Waals surface area contributed by atoms with Crippen molar-refractivity contribution in [3.05, 3.63) is 134 Å². The van der Waals surface area contributed by atoms with Gasteiger partial charge in [-0.3, -0.25) is 14.4 Å². The van der Waals surface area contributed by atoms with Gasteiger partial charge in [-0.25, -0.2) is 0 Å². The van der Waals surface area contributed by atoms with Gasteiger partial charge in [-0.2, -0.15) is 0 Å². The second-order valence-electron chi connectivity index (χ2n) is 21.3. The summed E-state index contributed by atoms with van der Waals surface area (Å²) >= 11 is 0. The van der Waals surface area contributed by atoms with Crippen molar-refractivity contribution in [2.45, 2.75) is 297 Å². The van der Waals surface area contributed by atoms with Crippen LogP contribution in [0.1, 0.15) is 290 Å². The number of unbranched alkanes of at least 4 members (excludes halogenated alkanes) is 25. The molecule has 0 saturated carbocycles. The summed E-state index contributed by atoms with van der Waals surface area (Å²) in [6, 6.07) is 0. The largest absolute Gasteiger partial charge is 0.462 e. The SMILES string of the molecule is CC/C=C\C/C=C\C/C=C\C/C=C\C/C=C\C/C=C\C/C=C\C/C=C\C/C=C\C/C=C\CCCCC(=O)OCC(COC(=O)CCCCCCCCCCC)OC(=O)CCCCCCCCCCC/C=C\CCCCCCCC. The zero-order valence-electron chi connectivity index (χ0n) is 51.3. The van der Waals surface area contributed by atoms with Gasteiger partial charge in [0.1, 0.15) is 13.2 Å². The molecule has 0 aliphatic carbocycles. The Hall–Kier alpha value is -4.45. The van der Waals surface area contributed by atoms with Gasteiger partial charge in [-0.15, -0.1) is 0 Å². The maximum atomic E-state index is 12.9. The van der Waals surface area contributed by atoms with Crippen molar-refractivity contribution >= 4 is 17.9 Å². The van der Waals surface area contributed by atoms with Gasteiger partial charge in [0.05, 0.1) is 0 Å². The van der Waals surface area contributed by atoms with Crippen molar-refractivity contribution in [2.75, 3.05) is 13.2 Å². The quantitative estimate of drug-likeness (QED) is 0.0261. The molecule has 79 heavy (non-hydrogen) atoms. The van der Waals surface area contributed by atoms with Crippen molar-refractivity contribution in [3.8, 4) is 0 Å². The third kappa shape index (κ3) is 64.3. The van der Waals surface area contributed by atoms with E-state index in [1.807, 2.05) is 0 Å². The molecule has 0 fully saturated rings. The number of carbonyl (C=O) groups is 3. The Labute approximate surface area is 487 Å². The van der Waals surface area contributed by atoms with Crippen LogP contribution in [0.3, 0.4) is 0 Å². The summed E-state index contributed by atoms with van der Waals surface area (Å²) in [5, 5.41) is 0. The molecular formula is C73H120O6. The van der Waals surface area contributed by atoms with Gasteiger partial charge in [0, 0.05) is 19.3 Å². The molecule has 0 bridgehead atoms. The number of hydrogen-bond donors (Lipinski definition) is 0. The summed E-state index contributed by atoms with van der Waals surface area (Å²) < 4.78 is 16.8. The van der Waals surface area contributed by atoms with Crippen LogP contribution in [0.4, 0.5) is 0 Å². The van der Waals surface area contributed by atoms with E-state index in [-0.39, 0.29) is 31.1 Å². The number of esters is 3. The van der Waals surface area contributed by atoms with E-state index >= 15 is 0 Å². The van der Waals surface area contributed by atoms with Crippen LogP contribution >= 0.6 is 0 Å². The highest BCUT2D eigenvalue weighted by molar-refractivity contribution is 5.71. The minimum Gasteiger partial charge on any atom is -0.462 e. The van der Waals surface area contributed by atoms with Crippen molar-refractivity contribution < 1.29 is 28.6 Å². The standard InChI is InChI=1S/C73H120O6/c1-4-7-10-13-16-19-21-23-25-27-29-30-31-32-33-34-35-36-37-38-39-40-41-42-44-45-47-49-51-54-57-60-63-66-72(75)78-69-70(68-77-71(74)65-62-59-56-53-18-15-12-9-6-3)79-73(76)67-64-61-58-55-52-50-48-46-43-28-26-24-22-20-17-14-11-8-5-2/h7,10,16,19,23-26,29-30,32-33,35-36,38-39,41-42,45,47,51,54,70H,4-6,8-9,11-15,17-18,20-22,27-28,31,34,37,40,43-44,46,48-50,52-53,55-69H2,1-3H3/b10-7-,19-16-,25-23-,26-24-,30-29-,33-32-,36-35-,39-38-,42-41-,47-45-,54-51-. The van der Waals surface area contributed by atoms with E-state index in [9.17, 15) is 14.4 Å². The minimum absolute atomic E-state index is 0.0933. The second-order valence-corrected chi connectivity index (χ2v) is 21.3. The number of ether oxygens (including phenoxy) is 3. The summed E-state index contributed by atoms with van der Waals surface area (Å²) in [7, 11) is 0. The third-order valence-corrected chi connectivity index (χ3v) is 13.6. The fourth-order valence-corrected chi connectivity index (χ4v) is 8.76. The van der Waals surface area contributed by atoms with E-state index in [0.717, 1.165) is 122 Å². The van der Waals surface area contributed by atoms with Crippen LogP contribution < -0.4 is 0 Å². The molecule has 0 N–H and O–H groups in total. The van der Waals surface area contributed by atoms with Crippen LogP contribution in [0.5, 0.6) is 0 Å². The first-order chi connectivity index (χ1) is 39.0. The van der Waals surface area contributed by atoms with Gasteiger partial charge in [0.25, 0.3) is 0 Å². The Morgan fingerprint density at radius 1 is 0.266 bits per heavy atom. The first kappa shape index (κ1) is 74.5. The van der Waals surface area contributed by atoms with E-state index < -0.39 is 6.10 Å². The van der Waals surface area contributed by atoms with Gasteiger partial charge in [-0.05, 0) is 122 Å². The zero-order chi connectivity index (χ0) is 57.1. The molecule has 0 aliphatic heterocycles. The summed E-state index contributed by atoms with van der Waals surface area (Å²) in [5.41, 5.74) is 0. The monoisotopic (exact) mass is 1090 g/mol. The maximum Gasteiger partial charge on any atom is 0.306 e. The molecule has 448 valence electrons. The Kier molecular flexibility index (Phi) is 62.3. The molecule has 0 aromatic carbocycles. The lowest BCUT2D eigenvalue weighted by Crippen LogP contribution is -2.30. The molecule has 0 heterocycles. The normalized spacial score (nSPS) is 13.0. The van der Waals surface area contributed by atoms with Crippen LogP contribution in [0.15, 0.2) is 134 Å². The molecule has 1 unspecified atom stereocenters. The van der Waals surface area contributed by atoms with Gasteiger partial charge in [0.15, 0.2) is 6.10 Å². The number of carbonyl (C=O) groups excluding carboxylic acids is 3. The van der Waals surface area contributed by atoms with E-state index in [0.29, 0.717) is 19.3 Å². The molecule has 0 aliphatic rings. The van der Waals surface area contributed by atoms with Crippen molar-refractivity contribution in [1.29, 1.82) is 0 Å². The lowest BCUT2D eigenvalue weighted by atomic mass is 10.1. The smallest absolute Gasteiger partial charge is 0.306 e. The number of hydrogen-bond acceptors (Lipinski definition) is 6. The predicted octanol–water partition coefficient (Wildman–Crippen LogP) is 22.5. The van der Waals surface area contributed by atoms with E-state index in [1.165, 1.54) is 128 Å². The van der Waals surface area contributed by atoms with Crippen LogP contribution in [0.25, 0.3) is 0 Å². The highest BCUT2D eigenvalue weighted by Gasteiger charge is 2.19. The van der Waals surface area contributed by atoms with Crippen molar-refractivity contribution in [2.24, 2.45) is 0 Å². The van der Waals surface area contributed by atoms with Gasteiger partial charge in [0.2, 0.25) is 0 Å². The van der Waals surface area contributed by atoms with Gasteiger partial charge >= 0.3 is 17.9 Å². The second kappa shape index (κ2) is 66.1. The summed E-state index contributed by atoms with van der Waals surface area (Å²) in [5.74, 6) is -0.941. The molecule has 0 amide bonds. The summed E-state index contributed by atoms with van der Waals surface area (Å²) in [6.45, 7) is 6.47. The van der Waals surface area contributed by atoms with E-state index in [2.05, 4.69) is 154 Å². The van der Waals surface area contributed by atoms with E-state index in [1.54, 1.807) is 0 Å². The average molecular weight is 1090 g/mol. The van der Waals surface area contributed by atoms with Crippen LogP contribution in [-0.2, 0) is 28.6 Å². The predicted molar refractivity (Wildman–Crippen MR) is 343 cm³/mol. The molecule has 6 heteroatoms. The minimum atomic E-state index is -0.799. The summed E-state index contributed by atoms with van der Waals surface area (Å²) in [6.07, 6.45) is 93.3. The van der Waals surface area contributed by atoms with Crippen LogP contribution in [0, 0.1) is 0 Å². The molecule has 0 aromatic heterocycles. The van der Waals surface area contributed by atoms with Crippen LogP contribution in [-0.4, -0.2) is 37.2 Å². The molecule has 0 aromatic rings.